The molecular weight excluding hydrogens is 618 g/mol. The maximum Gasteiger partial charge on any atom is 0.272 e. The molecule has 0 aliphatic rings. The van der Waals surface area contributed by atoms with E-state index in [1.54, 1.807) is 92.0 Å². The Balaban J connectivity index is 1.57. The SMILES string of the molecule is CCC(Sc1cccc(NC(=O)/C(=C\c2cc(OC)c(OC)cc2OC)NC(=O)c2ccccc2)c1)C(=O)Nc1ccc(OC)cc1. The largest absolute Gasteiger partial charge is 0.497 e. The van der Waals surface area contributed by atoms with Gasteiger partial charge in [-0.1, -0.05) is 31.2 Å². The summed E-state index contributed by atoms with van der Waals surface area (Å²) < 4.78 is 21.6. The van der Waals surface area contributed by atoms with Crippen LogP contribution in [0.3, 0.4) is 0 Å². The van der Waals surface area contributed by atoms with E-state index >= 15 is 0 Å². The van der Waals surface area contributed by atoms with Crippen molar-refractivity contribution in [2.45, 2.75) is 23.5 Å². The van der Waals surface area contributed by atoms with Crippen molar-refractivity contribution in [3.8, 4) is 23.0 Å². The summed E-state index contributed by atoms with van der Waals surface area (Å²) in [6, 6.07) is 26.1. The Morgan fingerprint density at radius 1 is 0.723 bits per heavy atom. The van der Waals surface area contributed by atoms with E-state index in [9.17, 15) is 14.4 Å². The summed E-state index contributed by atoms with van der Waals surface area (Å²) in [6.45, 7) is 1.94. The zero-order chi connectivity index (χ0) is 33.8. The van der Waals surface area contributed by atoms with Crippen molar-refractivity contribution < 1.29 is 33.3 Å². The fourth-order valence-electron chi connectivity index (χ4n) is 4.49. The Bertz CT molecular complexity index is 1730. The fourth-order valence-corrected chi connectivity index (χ4v) is 5.51. The summed E-state index contributed by atoms with van der Waals surface area (Å²) in [5, 5.41) is 8.17. The van der Waals surface area contributed by atoms with E-state index in [1.165, 1.54) is 39.2 Å². The minimum absolute atomic E-state index is 0.0345. The van der Waals surface area contributed by atoms with Gasteiger partial charge in [-0.05, 0) is 73.2 Å². The number of rotatable bonds is 14. The number of carbonyl (C=O) groups excluding carboxylic acids is 3. The van der Waals surface area contributed by atoms with Crippen LogP contribution in [0.1, 0.15) is 29.3 Å². The molecular formula is C36H37N3O7S. The van der Waals surface area contributed by atoms with Gasteiger partial charge in [0.05, 0.1) is 33.7 Å². The smallest absolute Gasteiger partial charge is 0.272 e. The van der Waals surface area contributed by atoms with Crippen LogP contribution in [0.25, 0.3) is 6.08 Å². The molecule has 3 amide bonds. The van der Waals surface area contributed by atoms with Gasteiger partial charge in [-0.2, -0.15) is 0 Å². The number of benzene rings is 4. The first-order valence-corrected chi connectivity index (χ1v) is 15.6. The lowest BCUT2D eigenvalue weighted by Gasteiger charge is -2.16. The third-order valence-electron chi connectivity index (χ3n) is 6.96. The number of anilines is 2. The number of thioether (sulfide) groups is 1. The van der Waals surface area contributed by atoms with Crippen molar-refractivity contribution in [3.63, 3.8) is 0 Å². The third-order valence-corrected chi connectivity index (χ3v) is 8.31. The van der Waals surface area contributed by atoms with Gasteiger partial charge in [0.1, 0.15) is 17.2 Å². The van der Waals surface area contributed by atoms with Crippen molar-refractivity contribution in [3.05, 3.63) is 108 Å². The standard InChI is InChI=1S/C36H37N3O7S/c1-6-33(36(42)37-25-15-17-27(43-2)18-16-25)47-28-14-10-13-26(21-28)38-35(41)29(39-34(40)23-11-8-7-9-12-23)19-24-20-31(45-4)32(46-5)22-30(24)44-3/h7-22,33H,6H2,1-5H3,(H,37,42)(H,38,41)(H,39,40)/b29-19+. The molecule has 0 aromatic heterocycles. The average molecular weight is 656 g/mol. The molecule has 47 heavy (non-hydrogen) atoms. The Morgan fingerprint density at radius 3 is 2.04 bits per heavy atom. The topological polar surface area (TPSA) is 124 Å². The molecule has 11 heteroatoms. The monoisotopic (exact) mass is 655 g/mol. The van der Waals surface area contributed by atoms with Crippen LogP contribution in [0.2, 0.25) is 0 Å². The first kappa shape index (κ1) is 34.5. The molecule has 1 atom stereocenters. The molecule has 0 aliphatic carbocycles. The number of hydrogen-bond acceptors (Lipinski definition) is 8. The molecule has 0 fully saturated rings. The van der Waals surface area contributed by atoms with Crippen molar-refractivity contribution in [2.75, 3.05) is 39.1 Å². The van der Waals surface area contributed by atoms with Crippen LogP contribution in [0.5, 0.6) is 23.0 Å². The van der Waals surface area contributed by atoms with Crippen LogP contribution in [0.15, 0.2) is 102 Å². The van der Waals surface area contributed by atoms with Gasteiger partial charge in [-0.15, -0.1) is 11.8 Å². The molecule has 0 radical (unpaired) electrons. The number of ether oxygens (including phenoxy) is 4. The van der Waals surface area contributed by atoms with Gasteiger partial charge in [0, 0.05) is 33.5 Å². The summed E-state index contributed by atoms with van der Waals surface area (Å²) in [4.78, 5) is 40.8. The maximum absolute atomic E-state index is 13.7. The third kappa shape index (κ3) is 9.30. The summed E-state index contributed by atoms with van der Waals surface area (Å²) in [6.07, 6.45) is 2.08. The first-order valence-electron chi connectivity index (χ1n) is 14.7. The highest BCUT2D eigenvalue weighted by molar-refractivity contribution is 8.00. The van der Waals surface area contributed by atoms with Gasteiger partial charge >= 0.3 is 0 Å². The predicted octanol–water partition coefficient (Wildman–Crippen LogP) is 6.64. The molecule has 0 aliphatic heterocycles. The first-order chi connectivity index (χ1) is 22.8. The highest BCUT2D eigenvalue weighted by Gasteiger charge is 2.20. The van der Waals surface area contributed by atoms with Crippen LogP contribution >= 0.6 is 11.8 Å². The van der Waals surface area contributed by atoms with E-state index < -0.39 is 11.8 Å². The number of hydrogen-bond donors (Lipinski definition) is 3. The van der Waals surface area contributed by atoms with Crippen molar-refractivity contribution >= 4 is 46.9 Å². The zero-order valence-electron chi connectivity index (χ0n) is 26.8. The van der Waals surface area contributed by atoms with Gasteiger partial charge in [-0.3, -0.25) is 14.4 Å². The zero-order valence-corrected chi connectivity index (χ0v) is 27.6. The highest BCUT2D eigenvalue weighted by Crippen LogP contribution is 2.36. The van der Waals surface area contributed by atoms with E-state index in [-0.39, 0.29) is 16.9 Å². The molecule has 4 rings (SSSR count). The Hall–Kier alpha value is -5.42. The van der Waals surface area contributed by atoms with Crippen LogP contribution in [-0.2, 0) is 9.59 Å². The van der Waals surface area contributed by atoms with Gasteiger partial charge in [0.15, 0.2) is 11.5 Å². The number of amides is 3. The molecule has 0 saturated carbocycles. The molecule has 4 aromatic rings. The predicted molar refractivity (Wildman–Crippen MR) is 185 cm³/mol. The second-order valence-corrected chi connectivity index (χ2v) is 11.3. The Labute approximate surface area is 278 Å². The van der Waals surface area contributed by atoms with E-state index in [2.05, 4.69) is 16.0 Å². The molecule has 10 nitrogen and oxygen atoms in total. The maximum atomic E-state index is 13.7. The van der Waals surface area contributed by atoms with Crippen LogP contribution < -0.4 is 34.9 Å². The quantitative estimate of drug-likeness (QED) is 0.102. The molecule has 0 spiro atoms. The highest BCUT2D eigenvalue weighted by atomic mass is 32.2. The molecule has 3 N–H and O–H groups in total. The lowest BCUT2D eigenvalue weighted by molar-refractivity contribution is -0.116. The summed E-state index contributed by atoms with van der Waals surface area (Å²) in [5.74, 6) is 0.775. The Morgan fingerprint density at radius 2 is 1.40 bits per heavy atom. The summed E-state index contributed by atoms with van der Waals surface area (Å²) in [5.41, 5.74) is 1.96. The number of methoxy groups -OCH3 is 4. The molecule has 0 saturated heterocycles. The minimum atomic E-state index is -0.572. The molecule has 244 valence electrons. The normalized spacial score (nSPS) is 11.6. The molecule has 0 heterocycles. The average Bonchev–Trinajstić information content (AvgIpc) is 3.10. The molecule has 1 unspecified atom stereocenters. The van der Waals surface area contributed by atoms with Gasteiger partial charge < -0.3 is 34.9 Å². The number of nitrogens with one attached hydrogen (secondary N) is 3. The van der Waals surface area contributed by atoms with Gasteiger partial charge in [0.2, 0.25) is 5.91 Å². The van der Waals surface area contributed by atoms with Crippen LogP contribution in [-0.4, -0.2) is 51.4 Å². The fraction of sp³-hybridized carbons (Fsp3) is 0.194. The van der Waals surface area contributed by atoms with Crippen molar-refractivity contribution in [1.29, 1.82) is 0 Å². The van der Waals surface area contributed by atoms with E-state index in [1.807, 2.05) is 13.0 Å². The lowest BCUT2D eigenvalue weighted by atomic mass is 10.1. The minimum Gasteiger partial charge on any atom is -0.497 e. The number of carbonyl (C=O) groups is 3. The molecule has 0 bridgehead atoms. The Kier molecular flexibility index (Phi) is 12.3. The summed E-state index contributed by atoms with van der Waals surface area (Å²) >= 11 is 1.38. The van der Waals surface area contributed by atoms with Crippen LogP contribution in [0, 0.1) is 0 Å². The molecule has 4 aromatic carbocycles. The van der Waals surface area contributed by atoms with Crippen LogP contribution in [0.4, 0.5) is 11.4 Å². The second kappa shape index (κ2) is 16.8. The summed E-state index contributed by atoms with van der Waals surface area (Å²) in [7, 11) is 6.08. The van der Waals surface area contributed by atoms with Gasteiger partial charge in [0.25, 0.3) is 11.8 Å². The van der Waals surface area contributed by atoms with E-state index in [0.29, 0.717) is 51.9 Å². The van der Waals surface area contributed by atoms with Crippen molar-refractivity contribution in [2.24, 2.45) is 0 Å². The second-order valence-electron chi connectivity index (χ2n) is 10.0. The van der Waals surface area contributed by atoms with E-state index in [0.717, 1.165) is 4.90 Å². The lowest BCUT2D eigenvalue weighted by Crippen LogP contribution is -2.30. The van der Waals surface area contributed by atoms with Crippen molar-refractivity contribution in [1.82, 2.24) is 5.32 Å². The van der Waals surface area contributed by atoms with Gasteiger partial charge in [-0.25, -0.2) is 0 Å². The van der Waals surface area contributed by atoms with E-state index in [4.69, 9.17) is 18.9 Å².